The highest BCUT2D eigenvalue weighted by atomic mass is 32.2. The Morgan fingerprint density at radius 3 is 2.58 bits per heavy atom. The average Bonchev–Trinajstić information content (AvgIpc) is 3.18. The molecule has 9 heteroatoms. The van der Waals surface area contributed by atoms with Gasteiger partial charge in [-0.1, -0.05) is 20.3 Å². The Kier molecular flexibility index (Phi) is 11.1. The number of carbonyl (C=O) groups excluding carboxylic acids is 3. The minimum atomic E-state index is -0.128. The number of nitrogens with one attached hydrogen (secondary N) is 3. The summed E-state index contributed by atoms with van der Waals surface area (Å²) < 4.78 is 10.9. The summed E-state index contributed by atoms with van der Waals surface area (Å²) in [6.07, 6.45) is 4.86. The monoisotopic (exact) mass is 457 g/mol. The highest BCUT2D eigenvalue weighted by Crippen LogP contribution is 2.39. The molecule has 8 nitrogen and oxygen atoms in total. The topological polar surface area (TPSA) is 106 Å². The molecule has 0 spiro atoms. The molecule has 3 atom stereocenters. The van der Waals surface area contributed by atoms with Gasteiger partial charge >= 0.3 is 6.03 Å². The summed E-state index contributed by atoms with van der Waals surface area (Å²) in [5, 5.41) is 9.30. The summed E-state index contributed by atoms with van der Waals surface area (Å²) in [5.74, 6) is 1.26. The third-order valence-electron chi connectivity index (χ3n) is 5.72. The maximum absolute atomic E-state index is 12.0. The molecule has 2 heterocycles. The van der Waals surface area contributed by atoms with E-state index in [1.54, 1.807) is 0 Å². The number of urea groups is 1. The SMILES string of the molecule is CC(C)C(=O)NCCOCCOCCCC(=O)CCCC[C@@H]1SC[C@]2(C)NC(=O)N[C@H]12. The van der Waals surface area contributed by atoms with Crippen LogP contribution in [-0.2, 0) is 19.1 Å². The molecule has 0 aromatic carbocycles. The minimum absolute atomic E-state index is 0.0117. The number of unbranched alkanes of at least 4 members (excludes halogenated alkanes) is 1. The molecule has 0 radical (unpaired) electrons. The predicted octanol–water partition coefficient (Wildman–Crippen LogP) is 2.26. The first-order valence-corrected chi connectivity index (χ1v) is 12.5. The quantitative estimate of drug-likeness (QED) is 0.243. The fourth-order valence-corrected chi connectivity index (χ4v) is 5.57. The van der Waals surface area contributed by atoms with E-state index in [1.165, 1.54) is 0 Å². The van der Waals surface area contributed by atoms with Gasteiger partial charge in [-0.05, 0) is 26.2 Å². The molecule has 2 saturated heterocycles. The van der Waals surface area contributed by atoms with E-state index in [1.807, 2.05) is 25.6 Å². The van der Waals surface area contributed by atoms with Crippen LogP contribution in [0.25, 0.3) is 0 Å². The highest BCUT2D eigenvalue weighted by Gasteiger charge is 2.51. The second kappa shape index (κ2) is 13.3. The van der Waals surface area contributed by atoms with Crippen molar-refractivity contribution in [3.05, 3.63) is 0 Å². The zero-order valence-electron chi connectivity index (χ0n) is 19.2. The van der Waals surface area contributed by atoms with Crippen molar-refractivity contribution in [1.29, 1.82) is 0 Å². The number of thioether (sulfide) groups is 1. The summed E-state index contributed by atoms with van der Waals surface area (Å²) in [5.41, 5.74) is -0.128. The molecular weight excluding hydrogens is 418 g/mol. The number of ketones is 1. The predicted molar refractivity (Wildman–Crippen MR) is 122 cm³/mol. The number of hydrogen-bond acceptors (Lipinski definition) is 6. The molecule has 31 heavy (non-hydrogen) atoms. The summed E-state index contributed by atoms with van der Waals surface area (Å²) >= 11 is 1.92. The van der Waals surface area contributed by atoms with E-state index in [0.29, 0.717) is 56.8 Å². The second-order valence-corrected chi connectivity index (χ2v) is 10.1. The average molecular weight is 458 g/mol. The number of rotatable bonds is 16. The number of Topliss-reactive ketones (excluding diaryl/α,β-unsaturated/α-hetero) is 1. The Labute approximate surface area is 190 Å². The molecule has 3 N–H and O–H groups in total. The van der Waals surface area contributed by atoms with Crippen LogP contribution in [0.2, 0.25) is 0 Å². The van der Waals surface area contributed by atoms with Gasteiger partial charge in [0.1, 0.15) is 5.78 Å². The van der Waals surface area contributed by atoms with Crippen molar-refractivity contribution < 1.29 is 23.9 Å². The van der Waals surface area contributed by atoms with Crippen LogP contribution in [0.1, 0.15) is 59.3 Å². The van der Waals surface area contributed by atoms with Gasteiger partial charge in [0.25, 0.3) is 0 Å². The lowest BCUT2D eigenvalue weighted by Crippen LogP contribution is -2.47. The molecule has 0 aromatic rings. The standard InChI is InChI=1S/C22H39N3O5S/c1-16(2)20(27)23-10-12-30-14-13-29-11-6-8-17(26)7-4-5-9-18-19-22(3,15-31-18)25-21(28)24-19/h16,18-19H,4-15H2,1-3H3,(H,23,27)(H2,24,25,28)/t18-,19+,22-/m0/s1. The van der Waals surface area contributed by atoms with Crippen LogP contribution in [0, 0.1) is 5.92 Å². The van der Waals surface area contributed by atoms with Crippen molar-refractivity contribution in [2.75, 3.05) is 38.7 Å². The molecule has 2 aliphatic rings. The Morgan fingerprint density at radius 2 is 1.84 bits per heavy atom. The number of amides is 3. The second-order valence-electron chi connectivity index (χ2n) is 8.90. The first-order valence-electron chi connectivity index (χ1n) is 11.5. The van der Waals surface area contributed by atoms with Gasteiger partial charge in [-0.15, -0.1) is 0 Å². The van der Waals surface area contributed by atoms with Gasteiger partial charge in [0.2, 0.25) is 5.91 Å². The van der Waals surface area contributed by atoms with Gasteiger partial charge in [-0.25, -0.2) is 4.79 Å². The van der Waals surface area contributed by atoms with E-state index in [2.05, 4.69) is 22.9 Å². The molecule has 0 saturated carbocycles. The number of hydrogen-bond donors (Lipinski definition) is 3. The Morgan fingerprint density at radius 1 is 1.13 bits per heavy atom. The largest absolute Gasteiger partial charge is 0.379 e. The smallest absolute Gasteiger partial charge is 0.315 e. The molecule has 0 bridgehead atoms. The first kappa shape index (κ1) is 25.9. The lowest BCUT2D eigenvalue weighted by Gasteiger charge is -2.23. The zero-order chi connectivity index (χ0) is 22.7. The molecule has 3 amide bonds. The van der Waals surface area contributed by atoms with Crippen LogP contribution < -0.4 is 16.0 Å². The minimum Gasteiger partial charge on any atom is -0.379 e. The fraction of sp³-hybridized carbons (Fsp3) is 0.864. The highest BCUT2D eigenvalue weighted by molar-refractivity contribution is 8.00. The third-order valence-corrected chi connectivity index (χ3v) is 7.42. The molecular formula is C22H39N3O5S. The van der Waals surface area contributed by atoms with Crippen LogP contribution >= 0.6 is 11.8 Å². The summed E-state index contributed by atoms with van der Waals surface area (Å²) in [4.78, 5) is 35.0. The van der Waals surface area contributed by atoms with Crippen LogP contribution in [0.4, 0.5) is 4.79 Å². The Hall–Kier alpha value is -1.32. The normalized spacial score (nSPS) is 24.7. The van der Waals surface area contributed by atoms with Crippen molar-refractivity contribution in [1.82, 2.24) is 16.0 Å². The van der Waals surface area contributed by atoms with Crippen molar-refractivity contribution in [3.63, 3.8) is 0 Å². The molecule has 0 unspecified atom stereocenters. The van der Waals surface area contributed by atoms with Crippen LogP contribution in [0.5, 0.6) is 0 Å². The fourth-order valence-electron chi connectivity index (χ4n) is 3.87. The molecule has 2 rings (SSSR count). The molecule has 178 valence electrons. The summed E-state index contributed by atoms with van der Waals surface area (Å²) in [6, 6.07) is 0.137. The van der Waals surface area contributed by atoms with Crippen molar-refractivity contribution in [3.8, 4) is 0 Å². The van der Waals surface area contributed by atoms with Crippen LogP contribution in [-0.4, -0.2) is 73.3 Å². The van der Waals surface area contributed by atoms with E-state index in [-0.39, 0.29) is 29.4 Å². The van der Waals surface area contributed by atoms with E-state index < -0.39 is 0 Å². The van der Waals surface area contributed by atoms with Crippen LogP contribution in [0.3, 0.4) is 0 Å². The van der Waals surface area contributed by atoms with Gasteiger partial charge < -0.3 is 25.4 Å². The lowest BCUT2D eigenvalue weighted by molar-refractivity contribution is -0.124. The maximum atomic E-state index is 12.0. The molecule has 0 aromatic heterocycles. The lowest BCUT2D eigenvalue weighted by atomic mass is 9.92. The van der Waals surface area contributed by atoms with Crippen molar-refractivity contribution in [2.45, 2.75) is 76.1 Å². The van der Waals surface area contributed by atoms with Gasteiger partial charge in [0, 0.05) is 42.9 Å². The van der Waals surface area contributed by atoms with Crippen molar-refractivity contribution in [2.24, 2.45) is 5.92 Å². The Bertz CT molecular complexity index is 604. The zero-order valence-corrected chi connectivity index (χ0v) is 20.0. The van der Waals surface area contributed by atoms with Gasteiger partial charge in [0.05, 0.1) is 31.4 Å². The summed E-state index contributed by atoms with van der Waals surface area (Å²) in [6.45, 7) is 8.35. The summed E-state index contributed by atoms with van der Waals surface area (Å²) in [7, 11) is 0. The third kappa shape index (κ3) is 8.98. The maximum Gasteiger partial charge on any atom is 0.315 e. The molecule has 0 aliphatic carbocycles. The van der Waals surface area contributed by atoms with E-state index in [4.69, 9.17) is 9.47 Å². The van der Waals surface area contributed by atoms with E-state index >= 15 is 0 Å². The number of fused-ring (bicyclic) bond motifs is 1. The van der Waals surface area contributed by atoms with E-state index in [0.717, 1.165) is 31.4 Å². The van der Waals surface area contributed by atoms with Gasteiger partial charge in [-0.3, -0.25) is 9.59 Å². The molecule has 2 fully saturated rings. The number of carbonyl (C=O) groups is 3. The first-order chi connectivity index (χ1) is 14.8. The van der Waals surface area contributed by atoms with Crippen molar-refractivity contribution >= 4 is 29.5 Å². The molecule has 2 aliphatic heterocycles. The number of ether oxygens (including phenoxy) is 2. The van der Waals surface area contributed by atoms with Gasteiger partial charge in [0.15, 0.2) is 0 Å². The van der Waals surface area contributed by atoms with E-state index in [9.17, 15) is 14.4 Å². The Balaban J connectivity index is 1.37. The van der Waals surface area contributed by atoms with Crippen LogP contribution in [0.15, 0.2) is 0 Å². The van der Waals surface area contributed by atoms with Gasteiger partial charge in [-0.2, -0.15) is 11.8 Å².